The van der Waals surface area contributed by atoms with Crippen molar-refractivity contribution in [1.29, 1.82) is 0 Å². The fourth-order valence-corrected chi connectivity index (χ4v) is 1.34. The molecular formula is C10H21N3. The van der Waals surface area contributed by atoms with Gasteiger partial charge in [0.15, 0.2) is 0 Å². The molecule has 3 nitrogen and oxygen atoms in total. The smallest absolute Gasteiger partial charge is 0.0350 e. The van der Waals surface area contributed by atoms with Crippen LogP contribution in [0.4, 0.5) is 0 Å². The minimum absolute atomic E-state index is 1.04. The molecule has 0 spiro atoms. The zero-order valence-corrected chi connectivity index (χ0v) is 9.22. The second-order valence-corrected chi connectivity index (χ2v) is 3.02. The Labute approximate surface area is 81.5 Å². The molecule has 76 valence electrons. The second kappa shape index (κ2) is 6.66. The minimum Gasteiger partial charge on any atom is -0.302 e. The Balaban J connectivity index is 0.000000671. The first-order valence-electron chi connectivity index (χ1n) is 4.83. The Bertz CT molecular complexity index is 185. The van der Waals surface area contributed by atoms with Gasteiger partial charge >= 0.3 is 0 Å². The molecule has 0 fully saturated rings. The number of nitrogens with zero attached hydrogens (tertiary/aromatic N) is 2. The highest BCUT2D eigenvalue weighted by Crippen LogP contribution is 2.13. The molecular weight excluding hydrogens is 162 g/mol. The maximum atomic E-state index is 3.66. The number of nitrogens with one attached hydrogen (secondary N) is 1. The predicted octanol–water partition coefficient (Wildman–Crippen LogP) is 1.83. The van der Waals surface area contributed by atoms with Gasteiger partial charge in [-0.25, -0.2) is 0 Å². The molecule has 1 N–H and O–H groups in total. The Hall–Kier alpha value is -0.830. The summed E-state index contributed by atoms with van der Waals surface area (Å²) in [4.78, 5) is 2.30. The van der Waals surface area contributed by atoms with Crippen LogP contribution in [0, 0.1) is 0 Å². The molecule has 0 aromatic heterocycles. The first-order chi connectivity index (χ1) is 6.24. The third-order valence-corrected chi connectivity index (χ3v) is 1.98. The minimum atomic E-state index is 1.04. The molecule has 0 bridgehead atoms. The van der Waals surface area contributed by atoms with Gasteiger partial charge in [-0.1, -0.05) is 13.8 Å². The van der Waals surface area contributed by atoms with Crippen LogP contribution in [-0.4, -0.2) is 31.8 Å². The monoisotopic (exact) mass is 183 g/mol. The highest BCUT2D eigenvalue weighted by Gasteiger charge is 2.11. The third-order valence-electron chi connectivity index (χ3n) is 1.98. The van der Waals surface area contributed by atoms with Crippen LogP contribution in [0.5, 0.6) is 0 Å². The molecule has 1 rings (SSSR count). The van der Waals surface area contributed by atoms with Crippen molar-refractivity contribution in [3.05, 3.63) is 11.3 Å². The molecule has 0 saturated heterocycles. The summed E-state index contributed by atoms with van der Waals surface area (Å²) in [6.07, 6.45) is 1.06. The summed E-state index contributed by atoms with van der Waals surface area (Å²) in [6, 6.07) is 0. The van der Waals surface area contributed by atoms with Crippen LogP contribution in [-0.2, 0) is 0 Å². The predicted molar refractivity (Wildman–Crippen MR) is 58.8 cm³/mol. The van der Waals surface area contributed by atoms with Crippen LogP contribution < -0.4 is 5.43 Å². The Morgan fingerprint density at radius 2 is 2.08 bits per heavy atom. The SMILES string of the molecule is C=NNC1=C(C)CN(C)CC1.CC. The molecule has 1 aliphatic rings. The first kappa shape index (κ1) is 12.2. The first-order valence-corrected chi connectivity index (χ1v) is 4.83. The summed E-state index contributed by atoms with van der Waals surface area (Å²) in [5.41, 5.74) is 5.52. The standard InChI is InChI=1S/C8H15N3.C2H6/c1-7-6-11(3)5-4-8(7)10-9-2;1-2/h10H,2,4-6H2,1,3H3;1-2H3. The van der Waals surface area contributed by atoms with Crippen molar-refractivity contribution < 1.29 is 0 Å². The molecule has 13 heavy (non-hydrogen) atoms. The summed E-state index contributed by atoms with van der Waals surface area (Å²) < 4.78 is 0. The second-order valence-electron chi connectivity index (χ2n) is 3.02. The van der Waals surface area contributed by atoms with E-state index in [1.165, 1.54) is 11.3 Å². The lowest BCUT2D eigenvalue weighted by Crippen LogP contribution is -2.30. The van der Waals surface area contributed by atoms with Crippen molar-refractivity contribution in [1.82, 2.24) is 10.3 Å². The maximum absolute atomic E-state index is 3.66. The van der Waals surface area contributed by atoms with Gasteiger partial charge in [0.25, 0.3) is 0 Å². The van der Waals surface area contributed by atoms with E-state index in [1.54, 1.807) is 0 Å². The van der Waals surface area contributed by atoms with Gasteiger partial charge in [-0.3, -0.25) is 5.43 Å². The van der Waals surface area contributed by atoms with Gasteiger partial charge < -0.3 is 4.90 Å². The van der Waals surface area contributed by atoms with Gasteiger partial charge in [0.2, 0.25) is 0 Å². The van der Waals surface area contributed by atoms with Crippen LogP contribution in [0.2, 0.25) is 0 Å². The molecule has 0 amide bonds. The number of hydrogen-bond donors (Lipinski definition) is 1. The van der Waals surface area contributed by atoms with Crippen LogP contribution in [0.25, 0.3) is 0 Å². The van der Waals surface area contributed by atoms with Crippen molar-refractivity contribution in [2.45, 2.75) is 27.2 Å². The highest BCUT2D eigenvalue weighted by atomic mass is 15.3. The number of hydrogen-bond acceptors (Lipinski definition) is 3. The van der Waals surface area contributed by atoms with Gasteiger partial charge in [0.1, 0.15) is 0 Å². The number of hydrazone groups is 1. The topological polar surface area (TPSA) is 27.6 Å². The van der Waals surface area contributed by atoms with Crippen molar-refractivity contribution in [3.8, 4) is 0 Å². The van der Waals surface area contributed by atoms with Crippen LogP contribution in [0.3, 0.4) is 0 Å². The molecule has 0 aromatic carbocycles. The number of rotatable bonds is 2. The largest absolute Gasteiger partial charge is 0.302 e. The van der Waals surface area contributed by atoms with E-state index in [1.807, 2.05) is 13.8 Å². The summed E-state index contributed by atoms with van der Waals surface area (Å²) in [6.45, 7) is 11.7. The molecule has 3 heteroatoms. The summed E-state index contributed by atoms with van der Waals surface area (Å²) in [7, 11) is 2.13. The molecule has 0 unspecified atom stereocenters. The van der Waals surface area contributed by atoms with E-state index in [4.69, 9.17) is 0 Å². The van der Waals surface area contributed by atoms with Crippen LogP contribution in [0.1, 0.15) is 27.2 Å². The van der Waals surface area contributed by atoms with Crippen molar-refractivity contribution in [2.24, 2.45) is 5.10 Å². The quantitative estimate of drug-likeness (QED) is 0.522. The zero-order chi connectivity index (χ0) is 10.3. The van der Waals surface area contributed by atoms with E-state index >= 15 is 0 Å². The summed E-state index contributed by atoms with van der Waals surface area (Å²) >= 11 is 0. The molecule has 0 aliphatic carbocycles. The van der Waals surface area contributed by atoms with E-state index in [0.717, 1.165) is 19.5 Å². The molecule has 0 radical (unpaired) electrons. The Morgan fingerprint density at radius 1 is 1.46 bits per heavy atom. The van der Waals surface area contributed by atoms with Gasteiger partial charge in [-0.05, 0) is 19.5 Å². The zero-order valence-electron chi connectivity index (χ0n) is 9.22. The van der Waals surface area contributed by atoms with Gasteiger partial charge in [0.05, 0.1) is 0 Å². The number of likely N-dealkylation sites (N-methyl/N-ethyl adjacent to an activating group) is 1. The van der Waals surface area contributed by atoms with Gasteiger partial charge in [-0.15, -0.1) is 0 Å². The summed E-state index contributed by atoms with van der Waals surface area (Å²) in [5, 5.41) is 3.66. The molecule has 1 aliphatic heterocycles. The van der Waals surface area contributed by atoms with E-state index in [9.17, 15) is 0 Å². The fraction of sp³-hybridized carbons (Fsp3) is 0.700. The Morgan fingerprint density at radius 3 is 2.54 bits per heavy atom. The normalized spacial score (nSPS) is 17.5. The fourth-order valence-electron chi connectivity index (χ4n) is 1.34. The highest BCUT2D eigenvalue weighted by molar-refractivity contribution is 5.24. The molecule has 0 atom stereocenters. The summed E-state index contributed by atoms with van der Waals surface area (Å²) in [5.74, 6) is 0. The van der Waals surface area contributed by atoms with Gasteiger partial charge in [-0.2, -0.15) is 5.10 Å². The van der Waals surface area contributed by atoms with E-state index in [-0.39, 0.29) is 0 Å². The van der Waals surface area contributed by atoms with Gasteiger partial charge in [0, 0.05) is 31.9 Å². The molecule has 0 saturated carbocycles. The van der Waals surface area contributed by atoms with Crippen molar-refractivity contribution >= 4 is 6.72 Å². The van der Waals surface area contributed by atoms with E-state index < -0.39 is 0 Å². The molecule has 1 heterocycles. The average molecular weight is 183 g/mol. The van der Waals surface area contributed by atoms with Crippen LogP contribution >= 0.6 is 0 Å². The lowest BCUT2D eigenvalue weighted by Gasteiger charge is -2.25. The Kier molecular flexibility index (Phi) is 6.24. The maximum Gasteiger partial charge on any atom is 0.0350 e. The van der Waals surface area contributed by atoms with Crippen molar-refractivity contribution in [2.75, 3.05) is 20.1 Å². The molecule has 0 aromatic rings. The van der Waals surface area contributed by atoms with E-state index in [2.05, 4.69) is 36.1 Å². The average Bonchev–Trinajstić information content (AvgIpc) is 2.14. The third kappa shape index (κ3) is 4.08. The van der Waals surface area contributed by atoms with Crippen LogP contribution in [0.15, 0.2) is 16.4 Å². The van der Waals surface area contributed by atoms with E-state index in [0.29, 0.717) is 0 Å². The lowest BCUT2D eigenvalue weighted by molar-refractivity contribution is 0.342. The lowest BCUT2D eigenvalue weighted by atomic mass is 10.1. The van der Waals surface area contributed by atoms with Crippen molar-refractivity contribution in [3.63, 3.8) is 0 Å².